The molecular weight excluding hydrogens is 348 g/mol. The number of aromatic nitrogens is 2. The molecule has 0 bridgehead atoms. The SMILES string of the molecule is O=C(NC(c1ccccc1)c1ccccc1)[C@H]1CCCN(c2ncccn2)C1. The maximum Gasteiger partial charge on any atom is 0.225 e. The van der Waals surface area contributed by atoms with E-state index in [2.05, 4.69) is 44.5 Å². The van der Waals surface area contributed by atoms with Crippen molar-refractivity contribution in [2.75, 3.05) is 18.0 Å². The predicted molar refractivity (Wildman–Crippen MR) is 110 cm³/mol. The lowest BCUT2D eigenvalue weighted by Gasteiger charge is -2.33. The van der Waals surface area contributed by atoms with Crippen molar-refractivity contribution in [1.29, 1.82) is 0 Å². The first-order valence-electron chi connectivity index (χ1n) is 9.73. The summed E-state index contributed by atoms with van der Waals surface area (Å²) in [6.07, 6.45) is 5.32. The van der Waals surface area contributed by atoms with Crippen molar-refractivity contribution >= 4 is 11.9 Å². The zero-order chi connectivity index (χ0) is 19.2. The third kappa shape index (κ3) is 4.19. The average molecular weight is 372 g/mol. The zero-order valence-electron chi connectivity index (χ0n) is 15.7. The Morgan fingerprint density at radius 1 is 0.929 bits per heavy atom. The number of hydrogen-bond acceptors (Lipinski definition) is 4. The summed E-state index contributed by atoms with van der Waals surface area (Å²) in [4.78, 5) is 23.9. The molecule has 0 unspecified atom stereocenters. The number of nitrogens with zero attached hydrogens (tertiary/aromatic N) is 3. The molecule has 1 saturated heterocycles. The van der Waals surface area contributed by atoms with Crippen molar-refractivity contribution in [2.24, 2.45) is 5.92 Å². The zero-order valence-corrected chi connectivity index (χ0v) is 15.7. The first kappa shape index (κ1) is 18.2. The molecule has 0 saturated carbocycles. The van der Waals surface area contributed by atoms with E-state index >= 15 is 0 Å². The van der Waals surface area contributed by atoms with E-state index in [1.807, 2.05) is 42.5 Å². The molecule has 1 aliphatic rings. The number of piperidine rings is 1. The molecule has 28 heavy (non-hydrogen) atoms. The van der Waals surface area contributed by atoms with E-state index in [1.54, 1.807) is 12.4 Å². The third-order valence-corrected chi connectivity index (χ3v) is 5.18. The number of nitrogens with one attached hydrogen (secondary N) is 1. The van der Waals surface area contributed by atoms with Crippen LogP contribution in [0.1, 0.15) is 30.0 Å². The van der Waals surface area contributed by atoms with Crippen molar-refractivity contribution in [3.05, 3.63) is 90.3 Å². The highest BCUT2D eigenvalue weighted by Crippen LogP contribution is 2.25. The molecule has 1 aliphatic heterocycles. The summed E-state index contributed by atoms with van der Waals surface area (Å²) in [6, 6.07) is 21.9. The van der Waals surface area contributed by atoms with Crippen LogP contribution in [0.5, 0.6) is 0 Å². The fraction of sp³-hybridized carbons (Fsp3) is 0.261. The lowest BCUT2D eigenvalue weighted by Crippen LogP contribution is -2.44. The van der Waals surface area contributed by atoms with Gasteiger partial charge in [-0.15, -0.1) is 0 Å². The molecule has 0 aliphatic carbocycles. The normalized spacial score (nSPS) is 16.8. The summed E-state index contributed by atoms with van der Waals surface area (Å²) >= 11 is 0. The number of carbonyl (C=O) groups excluding carboxylic acids is 1. The Bertz CT molecular complexity index is 847. The van der Waals surface area contributed by atoms with E-state index in [-0.39, 0.29) is 17.9 Å². The topological polar surface area (TPSA) is 58.1 Å². The fourth-order valence-corrected chi connectivity index (χ4v) is 3.74. The van der Waals surface area contributed by atoms with Gasteiger partial charge in [0, 0.05) is 25.5 Å². The van der Waals surface area contributed by atoms with Crippen LogP contribution in [0, 0.1) is 5.92 Å². The summed E-state index contributed by atoms with van der Waals surface area (Å²) < 4.78 is 0. The summed E-state index contributed by atoms with van der Waals surface area (Å²) in [5.41, 5.74) is 2.17. The van der Waals surface area contributed by atoms with Crippen LogP contribution in [0.2, 0.25) is 0 Å². The number of benzene rings is 2. The Balaban J connectivity index is 1.51. The Morgan fingerprint density at radius 2 is 1.54 bits per heavy atom. The molecule has 1 aromatic heterocycles. The van der Waals surface area contributed by atoms with Crippen LogP contribution >= 0.6 is 0 Å². The first-order chi connectivity index (χ1) is 13.8. The number of hydrogen-bond donors (Lipinski definition) is 1. The highest BCUT2D eigenvalue weighted by Gasteiger charge is 2.29. The fourth-order valence-electron chi connectivity index (χ4n) is 3.74. The molecule has 0 spiro atoms. The molecule has 0 radical (unpaired) electrons. The van der Waals surface area contributed by atoms with E-state index < -0.39 is 0 Å². The van der Waals surface area contributed by atoms with E-state index in [9.17, 15) is 4.79 Å². The lowest BCUT2D eigenvalue weighted by molar-refractivity contribution is -0.125. The van der Waals surface area contributed by atoms with Crippen molar-refractivity contribution < 1.29 is 4.79 Å². The summed E-state index contributed by atoms with van der Waals surface area (Å²) in [6.45, 7) is 1.53. The van der Waals surface area contributed by atoms with Crippen LogP contribution in [-0.4, -0.2) is 29.0 Å². The van der Waals surface area contributed by atoms with Gasteiger partial charge in [-0.2, -0.15) is 0 Å². The predicted octanol–water partition coefficient (Wildman–Crippen LogP) is 3.60. The summed E-state index contributed by atoms with van der Waals surface area (Å²) in [5.74, 6) is 0.702. The molecule has 1 amide bonds. The van der Waals surface area contributed by atoms with E-state index in [0.717, 1.165) is 30.5 Å². The molecule has 1 fully saturated rings. The van der Waals surface area contributed by atoms with Gasteiger partial charge in [-0.05, 0) is 30.0 Å². The smallest absolute Gasteiger partial charge is 0.225 e. The summed E-state index contributed by atoms with van der Waals surface area (Å²) in [5, 5.41) is 3.28. The van der Waals surface area contributed by atoms with Crippen LogP contribution in [0.25, 0.3) is 0 Å². The summed E-state index contributed by atoms with van der Waals surface area (Å²) in [7, 11) is 0. The maximum absolute atomic E-state index is 13.2. The largest absolute Gasteiger partial charge is 0.345 e. The van der Waals surface area contributed by atoms with Gasteiger partial charge >= 0.3 is 0 Å². The van der Waals surface area contributed by atoms with Crippen molar-refractivity contribution in [2.45, 2.75) is 18.9 Å². The second kappa shape index (κ2) is 8.65. The van der Waals surface area contributed by atoms with Gasteiger partial charge in [0.2, 0.25) is 11.9 Å². The monoisotopic (exact) mass is 372 g/mol. The molecule has 3 aromatic rings. The van der Waals surface area contributed by atoms with Crippen LogP contribution in [0.3, 0.4) is 0 Å². The van der Waals surface area contributed by atoms with E-state index in [0.29, 0.717) is 12.5 Å². The Kier molecular flexibility index (Phi) is 5.61. The van der Waals surface area contributed by atoms with Crippen molar-refractivity contribution in [1.82, 2.24) is 15.3 Å². The third-order valence-electron chi connectivity index (χ3n) is 5.18. The minimum absolute atomic E-state index is 0.0764. The molecule has 5 nitrogen and oxygen atoms in total. The second-order valence-corrected chi connectivity index (χ2v) is 7.10. The molecule has 5 heteroatoms. The van der Waals surface area contributed by atoms with Gasteiger partial charge in [0.15, 0.2) is 0 Å². The molecule has 2 heterocycles. The minimum Gasteiger partial charge on any atom is -0.345 e. The number of amides is 1. The van der Waals surface area contributed by atoms with Crippen LogP contribution < -0.4 is 10.2 Å². The Morgan fingerprint density at radius 3 is 2.14 bits per heavy atom. The Hall–Kier alpha value is -3.21. The van der Waals surface area contributed by atoms with Gasteiger partial charge in [-0.1, -0.05) is 60.7 Å². The number of rotatable bonds is 5. The minimum atomic E-state index is -0.154. The maximum atomic E-state index is 13.2. The standard InChI is InChI=1S/C23H24N4O/c28-22(20-13-7-16-27(17-20)23-24-14-8-15-25-23)26-21(18-9-3-1-4-10-18)19-11-5-2-6-12-19/h1-6,8-12,14-15,20-21H,7,13,16-17H2,(H,26,28)/t20-/m0/s1. The number of anilines is 1. The molecular formula is C23H24N4O. The van der Waals surface area contributed by atoms with Crippen LogP contribution in [-0.2, 0) is 4.79 Å². The second-order valence-electron chi connectivity index (χ2n) is 7.10. The van der Waals surface area contributed by atoms with Crippen LogP contribution in [0.15, 0.2) is 79.1 Å². The van der Waals surface area contributed by atoms with Gasteiger partial charge < -0.3 is 10.2 Å². The van der Waals surface area contributed by atoms with E-state index in [1.165, 1.54) is 0 Å². The molecule has 1 atom stereocenters. The van der Waals surface area contributed by atoms with Gasteiger partial charge in [0.1, 0.15) is 0 Å². The lowest BCUT2D eigenvalue weighted by atomic mass is 9.94. The van der Waals surface area contributed by atoms with Crippen molar-refractivity contribution in [3.63, 3.8) is 0 Å². The molecule has 1 N–H and O–H groups in total. The van der Waals surface area contributed by atoms with Gasteiger partial charge in [-0.25, -0.2) is 9.97 Å². The number of carbonyl (C=O) groups is 1. The van der Waals surface area contributed by atoms with Gasteiger partial charge in [0.05, 0.1) is 12.0 Å². The quantitative estimate of drug-likeness (QED) is 0.743. The average Bonchev–Trinajstić information content (AvgIpc) is 2.79. The molecule has 2 aromatic carbocycles. The molecule has 142 valence electrons. The van der Waals surface area contributed by atoms with Crippen molar-refractivity contribution in [3.8, 4) is 0 Å². The van der Waals surface area contributed by atoms with Gasteiger partial charge in [-0.3, -0.25) is 4.79 Å². The first-order valence-corrected chi connectivity index (χ1v) is 9.73. The highest BCUT2D eigenvalue weighted by molar-refractivity contribution is 5.80. The van der Waals surface area contributed by atoms with Gasteiger partial charge in [0.25, 0.3) is 0 Å². The highest BCUT2D eigenvalue weighted by atomic mass is 16.2. The van der Waals surface area contributed by atoms with E-state index in [4.69, 9.17) is 0 Å². The van der Waals surface area contributed by atoms with Crippen LogP contribution in [0.4, 0.5) is 5.95 Å². The Labute approximate surface area is 165 Å². The molecule has 4 rings (SSSR count).